The molecule has 2 rings (SSSR count). The fourth-order valence-electron chi connectivity index (χ4n) is 2.07. The highest BCUT2D eigenvalue weighted by molar-refractivity contribution is 9.10. The number of carbonyl (C=O) groups is 2. The molecule has 2 N–H and O–H groups in total. The molecule has 1 aromatic carbocycles. The Morgan fingerprint density at radius 2 is 1.96 bits per heavy atom. The molecule has 0 saturated heterocycles. The quantitative estimate of drug-likeness (QED) is 0.519. The summed E-state index contributed by atoms with van der Waals surface area (Å²) in [4.78, 5) is 27.4. The van der Waals surface area contributed by atoms with Gasteiger partial charge in [-0.1, -0.05) is 22.0 Å². The Hall–Kier alpha value is -2.41. The zero-order valence-corrected chi connectivity index (χ0v) is 15.3. The highest BCUT2D eigenvalue weighted by Crippen LogP contribution is 2.13. The van der Waals surface area contributed by atoms with Gasteiger partial charge >= 0.3 is 12.0 Å². The third-order valence-corrected chi connectivity index (χ3v) is 3.84. The van der Waals surface area contributed by atoms with Gasteiger partial charge in [-0.2, -0.15) is 0 Å². The lowest BCUT2D eigenvalue weighted by molar-refractivity contribution is -0.143. The normalized spacial score (nSPS) is 10.1. The van der Waals surface area contributed by atoms with Crippen molar-refractivity contribution in [3.8, 4) is 0 Å². The van der Waals surface area contributed by atoms with Crippen LogP contribution in [0.25, 0.3) is 0 Å². The lowest BCUT2D eigenvalue weighted by Crippen LogP contribution is -2.30. The van der Waals surface area contributed by atoms with Crippen molar-refractivity contribution in [2.45, 2.75) is 19.3 Å². The van der Waals surface area contributed by atoms with Crippen LogP contribution in [0.5, 0.6) is 0 Å². The number of halogens is 1. The molecule has 1 aromatic heterocycles. The van der Waals surface area contributed by atoms with Gasteiger partial charge in [-0.05, 0) is 48.7 Å². The number of nitrogens with one attached hydrogen (secondary N) is 2. The van der Waals surface area contributed by atoms with Crippen LogP contribution < -0.4 is 10.6 Å². The number of carbonyl (C=O) groups excluding carboxylic acids is 2. The fourth-order valence-corrected chi connectivity index (χ4v) is 2.33. The minimum absolute atomic E-state index is 0.140. The molecule has 2 aromatic rings. The number of urea groups is 1. The first-order valence-electron chi connectivity index (χ1n) is 7.98. The maximum atomic E-state index is 11.7. The number of benzene rings is 1. The largest absolute Gasteiger partial charge is 0.466 e. The highest BCUT2D eigenvalue weighted by atomic mass is 79.9. The van der Waals surface area contributed by atoms with Crippen LogP contribution in [0.2, 0.25) is 0 Å². The van der Waals surface area contributed by atoms with Gasteiger partial charge in [0.15, 0.2) is 0 Å². The Kier molecular flexibility index (Phi) is 7.91. The number of anilines is 1. The van der Waals surface area contributed by atoms with Crippen molar-refractivity contribution < 1.29 is 14.3 Å². The number of hydrogen-bond acceptors (Lipinski definition) is 4. The number of hydrogen-bond donors (Lipinski definition) is 2. The van der Waals surface area contributed by atoms with E-state index in [1.807, 2.05) is 24.3 Å². The number of rotatable bonds is 8. The van der Waals surface area contributed by atoms with Crippen LogP contribution in [0.4, 0.5) is 10.5 Å². The smallest absolute Gasteiger partial charge is 0.319 e. The number of aromatic nitrogens is 1. The molecule has 25 heavy (non-hydrogen) atoms. The minimum atomic E-state index is -0.355. The van der Waals surface area contributed by atoms with Crippen LogP contribution in [0, 0.1) is 0 Å². The van der Waals surface area contributed by atoms with Gasteiger partial charge < -0.3 is 15.4 Å². The summed E-state index contributed by atoms with van der Waals surface area (Å²) in [6, 6.07) is 10.7. The minimum Gasteiger partial charge on any atom is -0.466 e. The first-order chi connectivity index (χ1) is 12.1. The Balaban J connectivity index is 1.54. The van der Waals surface area contributed by atoms with Crippen LogP contribution >= 0.6 is 15.9 Å². The molecule has 2 amide bonds. The molecule has 0 unspecified atom stereocenters. The number of amides is 2. The molecule has 0 aliphatic rings. The Bertz CT molecular complexity index is 678. The molecule has 0 fully saturated rings. The van der Waals surface area contributed by atoms with E-state index in [9.17, 15) is 9.59 Å². The molecular weight excluding hydrogens is 386 g/mol. The van der Waals surface area contributed by atoms with Gasteiger partial charge in [-0.15, -0.1) is 0 Å². The molecule has 0 radical (unpaired) electrons. The summed E-state index contributed by atoms with van der Waals surface area (Å²) < 4.78 is 6.08. The van der Waals surface area contributed by atoms with Crippen LogP contribution in [0.1, 0.15) is 18.4 Å². The Morgan fingerprint density at radius 3 is 2.68 bits per heavy atom. The lowest BCUT2D eigenvalue weighted by Gasteiger charge is -2.08. The molecule has 0 aliphatic heterocycles. The van der Waals surface area contributed by atoms with E-state index in [0.717, 1.165) is 22.9 Å². The van der Waals surface area contributed by atoms with Gasteiger partial charge in [0.25, 0.3) is 0 Å². The van der Waals surface area contributed by atoms with E-state index >= 15 is 0 Å². The number of aryl methyl sites for hydroxylation is 1. The van der Waals surface area contributed by atoms with Gasteiger partial charge in [0.2, 0.25) is 0 Å². The van der Waals surface area contributed by atoms with Gasteiger partial charge in [-0.3, -0.25) is 9.78 Å². The van der Waals surface area contributed by atoms with Crippen molar-refractivity contribution in [1.82, 2.24) is 10.3 Å². The molecule has 6 nitrogen and oxygen atoms in total. The molecule has 7 heteroatoms. The van der Waals surface area contributed by atoms with E-state index in [1.54, 1.807) is 24.5 Å². The average molecular weight is 406 g/mol. The van der Waals surface area contributed by atoms with E-state index in [0.29, 0.717) is 12.3 Å². The predicted octanol–water partition coefficient (Wildman–Crippen LogP) is 3.53. The summed E-state index contributed by atoms with van der Waals surface area (Å²) in [5, 5.41) is 5.31. The molecule has 0 saturated carbocycles. The van der Waals surface area contributed by atoms with Crippen molar-refractivity contribution in [3.63, 3.8) is 0 Å². The summed E-state index contributed by atoms with van der Waals surface area (Å²) in [5.41, 5.74) is 1.79. The van der Waals surface area contributed by atoms with Crippen molar-refractivity contribution in [3.05, 3.63) is 58.8 Å². The number of ether oxygens (including phenoxy) is 1. The molecule has 0 atom stereocenters. The van der Waals surface area contributed by atoms with Gasteiger partial charge in [0.1, 0.15) is 0 Å². The fraction of sp³-hybridized carbons (Fsp3) is 0.278. The van der Waals surface area contributed by atoms with Crippen LogP contribution in [0.3, 0.4) is 0 Å². The standard InChI is InChI=1S/C18H20BrN3O3/c19-15-5-7-16(8-6-15)22-18(24)21-11-9-17(23)25-12-2-4-14-3-1-10-20-13-14/h1,3,5-8,10,13H,2,4,9,11-12H2,(H2,21,22,24). The second-order valence-electron chi connectivity index (χ2n) is 5.32. The van der Waals surface area contributed by atoms with Crippen LogP contribution in [-0.4, -0.2) is 30.1 Å². The second kappa shape index (κ2) is 10.5. The average Bonchev–Trinajstić information content (AvgIpc) is 2.62. The summed E-state index contributed by atoms with van der Waals surface area (Å²) in [6.45, 7) is 0.586. The maximum Gasteiger partial charge on any atom is 0.319 e. The predicted molar refractivity (Wildman–Crippen MR) is 99.3 cm³/mol. The zero-order valence-electron chi connectivity index (χ0n) is 13.7. The summed E-state index contributed by atoms with van der Waals surface area (Å²) in [6.07, 6.45) is 5.23. The van der Waals surface area contributed by atoms with E-state index in [-0.39, 0.29) is 25.0 Å². The molecule has 0 aliphatic carbocycles. The Morgan fingerprint density at radius 1 is 1.16 bits per heavy atom. The third-order valence-electron chi connectivity index (χ3n) is 3.31. The van der Waals surface area contributed by atoms with E-state index in [4.69, 9.17) is 4.74 Å². The van der Waals surface area contributed by atoms with Crippen molar-refractivity contribution in [2.24, 2.45) is 0 Å². The lowest BCUT2D eigenvalue weighted by atomic mass is 10.2. The third kappa shape index (κ3) is 7.80. The van der Waals surface area contributed by atoms with Crippen LogP contribution in [-0.2, 0) is 16.0 Å². The number of pyridine rings is 1. The molecular formula is C18H20BrN3O3. The van der Waals surface area contributed by atoms with Crippen LogP contribution in [0.15, 0.2) is 53.3 Å². The zero-order chi connectivity index (χ0) is 17.9. The first-order valence-corrected chi connectivity index (χ1v) is 8.78. The van der Waals surface area contributed by atoms with Gasteiger partial charge in [-0.25, -0.2) is 4.79 Å². The van der Waals surface area contributed by atoms with Crippen molar-refractivity contribution in [1.29, 1.82) is 0 Å². The first kappa shape index (κ1) is 18.9. The van der Waals surface area contributed by atoms with Gasteiger partial charge in [0.05, 0.1) is 13.0 Å². The number of esters is 1. The van der Waals surface area contributed by atoms with Gasteiger partial charge in [0, 0.05) is 29.1 Å². The van der Waals surface area contributed by atoms with E-state index < -0.39 is 0 Å². The topological polar surface area (TPSA) is 80.3 Å². The Labute approximate surface area is 155 Å². The van der Waals surface area contributed by atoms with E-state index in [2.05, 4.69) is 31.5 Å². The van der Waals surface area contributed by atoms with E-state index in [1.165, 1.54) is 0 Å². The molecule has 0 spiro atoms. The maximum absolute atomic E-state index is 11.7. The summed E-state index contributed by atoms with van der Waals surface area (Å²) in [5.74, 6) is -0.324. The monoisotopic (exact) mass is 405 g/mol. The molecule has 1 heterocycles. The number of nitrogens with zero attached hydrogens (tertiary/aromatic N) is 1. The highest BCUT2D eigenvalue weighted by Gasteiger charge is 2.05. The second-order valence-corrected chi connectivity index (χ2v) is 6.24. The summed E-state index contributed by atoms with van der Waals surface area (Å²) in [7, 11) is 0. The SMILES string of the molecule is O=C(NCCC(=O)OCCCc1cccnc1)Nc1ccc(Br)cc1. The van der Waals surface area contributed by atoms with Crippen molar-refractivity contribution in [2.75, 3.05) is 18.5 Å². The summed E-state index contributed by atoms with van der Waals surface area (Å²) >= 11 is 3.33. The van der Waals surface area contributed by atoms with Crippen molar-refractivity contribution >= 4 is 33.6 Å². The molecule has 0 bridgehead atoms. The molecule has 132 valence electrons.